The highest BCUT2D eigenvalue weighted by Crippen LogP contribution is 2.43. The molecule has 1 unspecified atom stereocenters. The van der Waals surface area contributed by atoms with Gasteiger partial charge >= 0.3 is 0 Å². The molecule has 1 atom stereocenters. The largest absolute Gasteiger partial charge is 0.507 e. The minimum absolute atomic E-state index is 0.0137. The lowest BCUT2D eigenvalue weighted by Gasteiger charge is -2.28. The predicted octanol–water partition coefficient (Wildman–Crippen LogP) is 5.38. The summed E-state index contributed by atoms with van der Waals surface area (Å²) < 4.78 is 39.7. The van der Waals surface area contributed by atoms with Crippen molar-refractivity contribution in [2.45, 2.75) is 42.9 Å². The summed E-state index contributed by atoms with van der Waals surface area (Å²) >= 11 is 1.46. The number of hydrogen-bond acceptors (Lipinski definition) is 5. The smallest absolute Gasteiger partial charge is 0.180 e. The monoisotopic (exact) mass is 423 g/mol. The van der Waals surface area contributed by atoms with Crippen LogP contribution < -0.4 is 4.90 Å². The molecule has 0 radical (unpaired) electrons. The molecule has 2 aromatic carbocycles. The molecule has 0 bridgehead atoms. The lowest BCUT2D eigenvalue weighted by molar-refractivity contribution is 0.460. The Kier molecular flexibility index (Phi) is 6.55. The fourth-order valence-corrected chi connectivity index (χ4v) is 6.18. The molecule has 0 saturated carbocycles. The Morgan fingerprint density at radius 2 is 1.93 bits per heavy atom. The maximum atomic E-state index is 13.5. The molecule has 4 nitrogen and oxygen atoms in total. The average molecular weight is 424 g/mol. The fourth-order valence-electron chi connectivity index (χ4n) is 3.61. The highest BCUT2D eigenvalue weighted by atomic mass is 32.2. The number of unbranched alkanes of at least 4 members (excludes halogenated alkanes) is 1. The number of halogens is 1. The number of hydrogen-bond donors (Lipinski definition) is 1. The van der Waals surface area contributed by atoms with E-state index in [9.17, 15) is 17.9 Å². The average Bonchev–Trinajstić information content (AvgIpc) is 2.76. The van der Waals surface area contributed by atoms with Crippen LogP contribution >= 0.6 is 11.8 Å². The molecule has 0 spiro atoms. The Labute approximate surface area is 170 Å². The van der Waals surface area contributed by atoms with Crippen molar-refractivity contribution in [3.63, 3.8) is 0 Å². The summed E-state index contributed by atoms with van der Waals surface area (Å²) in [5.74, 6) is 0.431. The second-order valence-corrected chi connectivity index (χ2v) is 10.4. The zero-order valence-corrected chi connectivity index (χ0v) is 17.8. The van der Waals surface area contributed by atoms with E-state index in [0.29, 0.717) is 17.1 Å². The highest BCUT2D eigenvalue weighted by molar-refractivity contribution is 7.99. The van der Waals surface area contributed by atoms with Gasteiger partial charge in [-0.15, -0.1) is 11.8 Å². The standard InChI is InChI=1S/C21H26FNO3S2/c1-3-5-6-15-13-23(17-9-7-16(22)8-10-17)18-11-20(27-4-2)19(24)12-21(18)28(25,26)14-15/h7-12,15,24H,3-6,13-14H2,1-2H3. The van der Waals surface area contributed by atoms with E-state index >= 15 is 0 Å². The molecule has 1 aliphatic heterocycles. The van der Waals surface area contributed by atoms with E-state index < -0.39 is 9.84 Å². The maximum absolute atomic E-state index is 13.5. The summed E-state index contributed by atoms with van der Waals surface area (Å²) in [6, 6.07) is 9.25. The number of benzene rings is 2. The predicted molar refractivity (Wildman–Crippen MR) is 113 cm³/mol. The first kappa shape index (κ1) is 21.0. The van der Waals surface area contributed by atoms with Gasteiger partial charge in [-0.1, -0.05) is 26.7 Å². The van der Waals surface area contributed by atoms with Gasteiger partial charge in [0.2, 0.25) is 0 Å². The number of anilines is 2. The van der Waals surface area contributed by atoms with Gasteiger partial charge in [0.25, 0.3) is 0 Å². The van der Waals surface area contributed by atoms with E-state index in [1.165, 1.54) is 30.0 Å². The van der Waals surface area contributed by atoms with E-state index in [-0.39, 0.29) is 28.1 Å². The number of phenolic OH excluding ortho intramolecular Hbond substituents is 1. The van der Waals surface area contributed by atoms with Crippen LogP contribution in [0.15, 0.2) is 46.2 Å². The Morgan fingerprint density at radius 1 is 1.21 bits per heavy atom. The first-order valence-corrected chi connectivity index (χ1v) is 12.2. The third kappa shape index (κ3) is 4.46. The summed E-state index contributed by atoms with van der Waals surface area (Å²) in [6.07, 6.45) is 2.76. The summed E-state index contributed by atoms with van der Waals surface area (Å²) in [6.45, 7) is 4.61. The van der Waals surface area contributed by atoms with Crippen LogP contribution in [-0.4, -0.2) is 31.6 Å². The number of rotatable bonds is 6. The topological polar surface area (TPSA) is 57.6 Å². The van der Waals surface area contributed by atoms with Gasteiger partial charge in [0.1, 0.15) is 11.6 Å². The van der Waals surface area contributed by atoms with Crippen LogP contribution in [0.25, 0.3) is 0 Å². The second-order valence-electron chi connectivity index (χ2n) is 7.10. The van der Waals surface area contributed by atoms with Gasteiger partial charge in [-0.05, 0) is 48.4 Å². The van der Waals surface area contributed by atoms with Crippen LogP contribution in [0, 0.1) is 11.7 Å². The molecule has 0 aromatic heterocycles. The molecule has 28 heavy (non-hydrogen) atoms. The van der Waals surface area contributed by atoms with Crippen LogP contribution in [0.5, 0.6) is 5.75 Å². The molecule has 1 N–H and O–H groups in total. The van der Waals surface area contributed by atoms with Crippen LogP contribution in [0.4, 0.5) is 15.8 Å². The molecule has 2 aromatic rings. The van der Waals surface area contributed by atoms with Crippen LogP contribution in [0.2, 0.25) is 0 Å². The molecule has 0 amide bonds. The number of thioether (sulfide) groups is 1. The highest BCUT2D eigenvalue weighted by Gasteiger charge is 2.33. The Balaban J connectivity index is 2.17. The van der Waals surface area contributed by atoms with Gasteiger partial charge < -0.3 is 10.0 Å². The van der Waals surface area contributed by atoms with E-state index in [2.05, 4.69) is 6.92 Å². The van der Waals surface area contributed by atoms with Crippen molar-refractivity contribution < 1.29 is 17.9 Å². The molecule has 0 saturated heterocycles. The minimum Gasteiger partial charge on any atom is -0.507 e. The van der Waals surface area contributed by atoms with Crippen LogP contribution in [0.1, 0.15) is 33.1 Å². The Bertz CT molecular complexity index is 929. The van der Waals surface area contributed by atoms with Gasteiger partial charge in [0.15, 0.2) is 9.84 Å². The molecular weight excluding hydrogens is 397 g/mol. The van der Waals surface area contributed by atoms with Crippen molar-refractivity contribution in [2.24, 2.45) is 5.92 Å². The molecule has 1 heterocycles. The van der Waals surface area contributed by atoms with Crippen LogP contribution in [-0.2, 0) is 9.84 Å². The molecule has 3 rings (SSSR count). The summed E-state index contributed by atoms with van der Waals surface area (Å²) in [5.41, 5.74) is 1.30. The van der Waals surface area contributed by atoms with Crippen molar-refractivity contribution in [2.75, 3.05) is 23.0 Å². The summed E-state index contributed by atoms with van der Waals surface area (Å²) in [7, 11) is -3.55. The Hall–Kier alpha value is -1.73. The van der Waals surface area contributed by atoms with Crippen molar-refractivity contribution >= 4 is 33.0 Å². The number of sulfone groups is 1. The van der Waals surface area contributed by atoms with Crippen molar-refractivity contribution in [3.05, 3.63) is 42.2 Å². The number of nitrogens with zero attached hydrogens (tertiary/aromatic N) is 1. The zero-order chi connectivity index (χ0) is 20.3. The number of fused-ring (bicyclic) bond motifs is 1. The number of phenols is 1. The first-order valence-electron chi connectivity index (χ1n) is 9.61. The normalized spacial score (nSPS) is 18.5. The second kappa shape index (κ2) is 8.74. The molecule has 152 valence electrons. The quantitative estimate of drug-likeness (QED) is 0.633. The van der Waals surface area contributed by atoms with E-state index in [1.54, 1.807) is 18.2 Å². The van der Waals surface area contributed by atoms with Gasteiger partial charge in [-0.3, -0.25) is 0 Å². The molecule has 7 heteroatoms. The van der Waals surface area contributed by atoms with Crippen molar-refractivity contribution in [3.8, 4) is 5.75 Å². The lowest BCUT2D eigenvalue weighted by atomic mass is 10.0. The molecule has 0 aliphatic carbocycles. The third-order valence-electron chi connectivity index (χ3n) is 4.97. The van der Waals surface area contributed by atoms with E-state index in [0.717, 1.165) is 30.7 Å². The zero-order valence-electron chi connectivity index (χ0n) is 16.2. The first-order chi connectivity index (χ1) is 13.4. The molecule has 0 fully saturated rings. The van der Waals surface area contributed by atoms with Crippen LogP contribution in [0.3, 0.4) is 0 Å². The SMILES string of the molecule is CCCCC1CN(c2ccc(F)cc2)c2cc(SCC)c(O)cc2S(=O)(=O)C1. The fraction of sp³-hybridized carbons (Fsp3) is 0.429. The third-order valence-corrected chi connectivity index (χ3v) is 7.80. The van der Waals surface area contributed by atoms with Gasteiger partial charge in [-0.25, -0.2) is 12.8 Å². The summed E-state index contributed by atoms with van der Waals surface area (Å²) in [4.78, 5) is 2.75. The van der Waals surface area contributed by atoms with E-state index in [1.807, 2.05) is 11.8 Å². The summed E-state index contributed by atoms with van der Waals surface area (Å²) in [5, 5.41) is 10.4. The number of aromatic hydroxyl groups is 1. The molecular formula is C21H26FNO3S2. The van der Waals surface area contributed by atoms with Crippen molar-refractivity contribution in [1.29, 1.82) is 0 Å². The maximum Gasteiger partial charge on any atom is 0.180 e. The molecule has 1 aliphatic rings. The van der Waals surface area contributed by atoms with Gasteiger partial charge in [0.05, 0.1) is 21.2 Å². The minimum atomic E-state index is -3.55. The lowest BCUT2D eigenvalue weighted by Crippen LogP contribution is -2.26. The van der Waals surface area contributed by atoms with Gasteiger partial charge in [0, 0.05) is 18.3 Å². The van der Waals surface area contributed by atoms with Crippen molar-refractivity contribution in [1.82, 2.24) is 0 Å². The van der Waals surface area contributed by atoms with E-state index in [4.69, 9.17) is 0 Å². The Morgan fingerprint density at radius 3 is 2.57 bits per heavy atom. The van der Waals surface area contributed by atoms with Gasteiger partial charge in [-0.2, -0.15) is 0 Å².